The molecule has 6 heteroatoms. The topological polar surface area (TPSA) is 61.6 Å². The van der Waals surface area contributed by atoms with Crippen LogP contribution in [-0.2, 0) is 4.74 Å². The highest BCUT2D eigenvalue weighted by molar-refractivity contribution is 5.64. The van der Waals surface area contributed by atoms with E-state index in [1.807, 2.05) is 0 Å². The zero-order valence-corrected chi connectivity index (χ0v) is 9.50. The number of halogens is 2. The number of carbonyl (C=O) groups is 1. The number of hydrogen-bond donors (Lipinski definition) is 1. The van der Waals surface area contributed by atoms with Crippen molar-refractivity contribution in [2.45, 2.75) is 20.0 Å². The van der Waals surface area contributed by atoms with E-state index in [0.717, 1.165) is 6.07 Å². The van der Waals surface area contributed by atoms with Crippen LogP contribution in [0.1, 0.15) is 12.5 Å². The van der Waals surface area contributed by atoms with Gasteiger partial charge in [-0.2, -0.15) is 0 Å². The largest absolute Gasteiger partial charge is 0.487 e. The number of ether oxygens (including phenoxy) is 2. The van der Waals surface area contributed by atoms with Crippen molar-refractivity contribution < 1.29 is 23.0 Å². The number of benzene rings is 1. The van der Waals surface area contributed by atoms with E-state index in [9.17, 15) is 13.6 Å². The van der Waals surface area contributed by atoms with Crippen molar-refractivity contribution in [2.75, 3.05) is 6.61 Å². The van der Waals surface area contributed by atoms with Crippen molar-refractivity contribution in [3.63, 3.8) is 0 Å². The summed E-state index contributed by atoms with van der Waals surface area (Å²) < 4.78 is 35.8. The van der Waals surface area contributed by atoms with E-state index < -0.39 is 23.8 Å². The van der Waals surface area contributed by atoms with Crippen LogP contribution in [0.5, 0.6) is 5.75 Å². The first-order chi connectivity index (χ1) is 7.90. The Labute approximate surface area is 97.3 Å². The van der Waals surface area contributed by atoms with Gasteiger partial charge in [0.15, 0.2) is 11.6 Å². The molecule has 0 spiro atoms. The molecule has 4 nitrogen and oxygen atoms in total. The van der Waals surface area contributed by atoms with Crippen molar-refractivity contribution in [3.05, 3.63) is 29.3 Å². The molecule has 2 N–H and O–H groups in total. The van der Waals surface area contributed by atoms with Crippen LogP contribution in [0.25, 0.3) is 0 Å². The quantitative estimate of drug-likeness (QED) is 0.883. The van der Waals surface area contributed by atoms with Crippen LogP contribution in [0.15, 0.2) is 12.1 Å². The molecule has 0 heterocycles. The van der Waals surface area contributed by atoms with Gasteiger partial charge < -0.3 is 15.2 Å². The summed E-state index contributed by atoms with van der Waals surface area (Å²) in [5.41, 5.74) is 5.06. The van der Waals surface area contributed by atoms with Crippen LogP contribution in [0, 0.1) is 18.6 Å². The van der Waals surface area contributed by atoms with E-state index in [1.165, 1.54) is 13.0 Å². The summed E-state index contributed by atoms with van der Waals surface area (Å²) in [6.45, 7) is 2.97. The Morgan fingerprint density at radius 2 is 2.06 bits per heavy atom. The zero-order valence-electron chi connectivity index (χ0n) is 9.50. The van der Waals surface area contributed by atoms with Crippen molar-refractivity contribution in [1.29, 1.82) is 0 Å². The van der Waals surface area contributed by atoms with Gasteiger partial charge in [-0.25, -0.2) is 13.6 Å². The third-order valence-corrected chi connectivity index (χ3v) is 2.00. The molecule has 0 aliphatic heterocycles. The molecule has 0 aromatic heterocycles. The number of rotatable bonds is 4. The minimum Gasteiger partial charge on any atom is -0.487 e. The van der Waals surface area contributed by atoms with Crippen molar-refractivity contribution >= 4 is 6.09 Å². The van der Waals surface area contributed by atoms with E-state index in [1.54, 1.807) is 6.92 Å². The maximum atomic E-state index is 13.2. The third kappa shape index (κ3) is 3.90. The summed E-state index contributed by atoms with van der Waals surface area (Å²) in [6.07, 6.45) is -1.55. The summed E-state index contributed by atoms with van der Waals surface area (Å²) in [6, 6.07) is 1.98. The van der Waals surface area contributed by atoms with Gasteiger partial charge in [-0.05, 0) is 25.5 Å². The summed E-state index contributed by atoms with van der Waals surface area (Å²) in [5.74, 6) is -1.54. The Bertz CT molecular complexity index is 423. The molecule has 0 saturated carbocycles. The lowest BCUT2D eigenvalue weighted by Crippen LogP contribution is -2.25. The maximum Gasteiger partial charge on any atom is 0.404 e. The van der Waals surface area contributed by atoms with Gasteiger partial charge in [0.05, 0.1) is 0 Å². The predicted molar refractivity (Wildman–Crippen MR) is 56.7 cm³/mol. The zero-order chi connectivity index (χ0) is 13.0. The molecule has 0 fully saturated rings. The molecule has 0 bridgehead atoms. The first-order valence-electron chi connectivity index (χ1n) is 4.94. The molecule has 0 unspecified atom stereocenters. The van der Waals surface area contributed by atoms with Crippen LogP contribution >= 0.6 is 0 Å². The van der Waals surface area contributed by atoms with Crippen LogP contribution in [0.3, 0.4) is 0 Å². The number of aryl methyl sites for hydroxylation is 1. The number of amides is 1. The fourth-order valence-corrected chi connectivity index (χ4v) is 1.18. The first-order valence-corrected chi connectivity index (χ1v) is 4.94. The SMILES string of the molecule is Cc1cc(OC[C@H](C)OC(N)=O)c(F)cc1F. The second-order valence-corrected chi connectivity index (χ2v) is 3.59. The molecule has 1 aromatic carbocycles. The molecular formula is C11H13F2NO3. The van der Waals surface area contributed by atoms with Crippen LogP contribution in [-0.4, -0.2) is 18.8 Å². The second-order valence-electron chi connectivity index (χ2n) is 3.59. The van der Waals surface area contributed by atoms with Crippen LogP contribution < -0.4 is 10.5 Å². The van der Waals surface area contributed by atoms with Crippen molar-refractivity contribution in [2.24, 2.45) is 5.73 Å². The fourth-order valence-electron chi connectivity index (χ4n) is 1.18. The number of nitrogens with two attached hydrogens (primary N) is 1. The summed E-state index contributed by atoms with van der Waals surface area (Å²) in [5, 5.41) is 0. The van der Waals surface area contributed by atoms with Crippen molar-refractivity contribution in [1.82, 2.24) is 0 Å². The summed E-state index contributed by atoms with van der Waals surface area (Å²) in [7, 11) is 0. The molecule has 1 rings (SSSR count). The maximum absolute atomic E-state index is 13.2. The predicted octanol–water partition coefficient (Wildman–Crippen LogP) is 2.14. The van der Waals surface area contributed by atoms with Crippen LogP contribution in [0.4, 0.5) is 13.6 Å². The molecule has 0 radical (unpaired) electrons. The molecule has 1 aromatic rings. The standard InChI is InChI=1S/C11H13F2NO3/c1-6-3-10(9(13)4-8(6)12)16-5-7(2)17-11(14)15/h3-4,7H,5H2,1-2H3,(H2,14,15)/t7-/m0/s1. The molecule has 17 heavy (non-hydrogen) atoms. The van der Waals surface area contributed by atoms with E-state index in [4.69, 9.17) is 10.5 Å². The number of carbonyl (C=O) groups excluding carboxylic acids is 1. The molecule has 1 amide bonds. The minimum atomic E-state index is -0.933. The average Bonchev–Trinajstić information content (AvgIpc) is 2.20. The highest BCUT2D eigenvalue weighted by atomic mass is 19.1. The summed E-state index contributed by atoms with van der Waals surface area (Å²) in [4.78, 5) is 10.4. The second kappa shape index (κ2) is 5.47. The smallest absolute Gasteiger partial charge is 0.404 e. The van der Waals surface area contributed by atoms with Gasteiger partial charge in [-0.15, -0.1) is 0 Å². The Morgan fingerprint density at radius 3 is 2.65 bits per heavy atom. The van der Waals surface area contributed by atoms with Gasteiger partial charge in [0.25, 0.3) is 0 Å². The normalized spacial score (nSPS) is 12.0. The van der Waals surface area contributed by atoms with E-state index in [2.05, 4.69) is 4.74 Å². The Morgan fingerprint density at radius 1 is 1.41 bits per heavy atom. The van der Waals surface area contributed by atoms with Gasteiger partial charge in [-0.3, -0.25) is 0 Å². The third-order valence-electron chi connectivity index (χ3n) is 2.00. The Hall–Kier alpha value is -1.85. The minimum absolute atomic E-state index is 0.0646. The van der Waals surface area contributed by atoms with Gasteiger partial charge in [0.1, 0.15) is 18.5 Å². The highest BCUT2D eigenvalue weighted by Gasteiger charge is 2.11. The molecule has 0 aliphatic rings. The molecule has 1 atom stereocenters. The van der Waals surface area contributed by atoms with E-state index >= 15 is 0 Å². The van der Waals surface area contributed by atoms with Gasteiger partial charge in [0.2, 0.25) is 0 Å². The molecule has 0 saturated heterocycles. The Balaban J connectivity index is 2.63. The molecule has 0 aliphatic carbocycles. The van der Waals surface area contributed by atoms with Crippen molar-refractivity contribution in [3.8, 4) is 5.75 Å². The van der Waals surface area contributed by atoms with Gasteiger partial charge >= 0.3 is 6.09 Å². The lowest BCUT2D eigenvalue weighted by atomic mass is 10.2. The number of primary amides is 1. The first kappa shape index (κ1) is 13.2. The Kier molecular flexibility index (Phi) is 4.25. The molecular weight excluding hydrogens is 232 g/mol. The molecule has 94 valence electrons. The summed E-state index contributed by atoms with van der Waals surface area (Å²) >= 11 is 0. The van der Waals surface area contributed by atoms with Gasteiger partial charge in [-0.1, -0.05) is 0 Å². The van der Waals surface area contributed by atoms with Crippen LogP contribution in [0.2, 0.25) is 0 Å². The lowest BCUT2D eigenvalue weighted by molar-refractivity contribution is 0.0810. The monoisotopic (exact) mass is 245 g/mol. The fraction of sp³-hybridized carbons (Fsp3) is 0.364. The average molecular weight is 245 g/mol. The van der Waals surface area contributed by atoms with Gasteiger partial charge in [0, 0.05) is 6.07 Å². The van der Waals surface area contributed by atoms with E-state index in [-0.39, 0.29) is 17.9 Å². The lowest BCUT2D eigenvalue weighted by Gasteiger charge is -2.13. The van der Waals surface area contributed by atoms with E-state index in [0.29, 0.717) is 0 Å². The number of hydrogen-bond acceptors (Lipinski definition) is 3. The highest BCUT2D eigenvalue weighted by Crippen LogP contribution is 2.21.